The zero-order valence-electron chi connectivity index (χ0n) is 16.0. The first-order valence-electron chi connectivity index (χ1n) is 9.85. The number of anilines is 2. The van der Waals surface area contributed by atoms with Gasteiger partial charge in [-0.15, -0.1) is 0 Å². The van der Waals surface area contributed by atoms with Crippen LogP contribution < -0.4 is 24.6 Å². The Morgan fingerprint density at radius 3 is 2.57 bits per heavy atom. The van der Waals surface area contributed by atoms with E-state index >= 15 is 0 Å². The van der Waals surface area contributed by atoms with E-state index in [1.807, 2.05) is 12.1 Å². The number of nitrogens with one attached hydrogen (secondary N) is 1. The molecule has 2 fully saturated rings. The van der Waals surface area contributed by atoms with E-state index in [1.165, 1.54) is 0 Å². The highest BCUT2D eigenvalue weighted by atomic mass is 16.5. The van der Waals surface area contributed by atoms with E-state index in [1.54, 1.807) is 12.4 Å². The monoisotopic (exact) mass is 385 g/mol. The molecule has 28 heavy (non-hydrogen) atoms. The molecule has 2 saturated heterocycles. The van der Waals surface area contributed by atoms with E-state index in [0.717, 1.165) is 69.7 Å². The summed E-state index contributed by atoms with van der Waals surface area (Å²) in [6, 6.07) is 8.17. The lowest BCUT2D eigenvalue weighted by Gasteiger charge is -2.29. The molecule has 0 atom stereocenters. The highest BCUT2D eigenvalue weighted by molar-refractivity contribution is 5.51. The lowest BCUT2D eigenvalue weighted by molar-refractivity contribution is 0.122. The molecule has 0 bridgehead atoms. The predicted octanol–water partition coefficient (Wildman–Crippen LogP) is 1.18. The van der Waals surface area contributed by atoms with Gasteiger partial charge < -0.3 is 29.3 Å². The van der Waals surface area contributed by atoms with Crippen LogP contribution in [-0.2, 0) is 4.74 Å². The number of morpholine rings is 1. The number of hydrogen-bond acceptors (Lipinski definition) is 8. The highest BCUT2D eigenvalue weighted by Gasteiger charge is 2.17. The molecule has 4 rings (SSSR count). The van der Waals surface area contributed by atoms with Gasteiger partial charge >= 0.3 is 0 Å². The zero-order valence-corrected chi connectivity index (χ0v) is 16.0. The number of nitrogens with zero attached hydrogens (tertiary/aromatic N) is 4. The zero-order chi connectivity index (χ0) is 19.0. The molecule has 2 aromatic rings. The van der Waals surface area contributed by atoms with Crippen LogP contribution in [0.2, 0.25) is 0 Å². The Hall–Kier alpha value is -2.58. The number of ether oxygens (including phenoxy) is 3. The van der Waals surface area contributed by atoms with Crippen LogP contribution in [0.15, 0.2) is 36.7 Å². The van der Waals surface area contributed by atoms with Crippen molar-refractivity contribution in [1.82, 2.24) is 15.3 Å². The number of benzene rings is 1. The van der Waals surface area contributed by atoms with Gasteiger partial charge in [0, 0.05) is 63.4 Å². The van der Waals surface area contributed by atoms with E-state index in [2.05, 4.69) is 37.2 Å². The van der Waals surface area contributed by atoms with Crippen LogP contribution in [0.1, 0.15) is 0 Å². The summed E-state index contributed by atoms with van der Waals surface area (Å²) in [6.45, 7) is 7.92. The molecule has 8 nitrogen and oxygen atoms in total. The first-order valence-corrected chi connectivity index (χ1v) is 9.85. The molecule has 0 radical (unpaired) electrons. The molecule has 0 saturated carbocycles. The Labute approximate surface area is 165 Å². The van der Waals surface area contributed by atoms with E-state index in [4.69, 9.17) is 14.2 Å². The molecule has 1 aromatic heterocycles. The Kier molecular flexibility index (Phi) is 6.41. The minimum absolute atomic E-state index is 0.416. The fourth-order valence-corrected chi connectivity index (χ4v) is 3.40. The number of rotatable bonds is 7. The van der Waals surface area contributed by atoms with Crippen molar-refractivity contribution in [3.8, 4) is 11.6 Å². The number of hydrogen-bond donors (Lipinski definition) is 1. The van der Waals surface area contributed by atoms with Crippen molar-refractivity contribution in [2.75, 3.05) is 75.5 Å². The maximum Gasteiger partial charge on any atom is 0.257 e. The molecule has 3 heterocycles. The van der Waals surface area contributed by atoms with Gasteiger partial charge in [0.15, 0.2) is 5.82 Å². The summed E-state index contributed by atoms with van der Waals surface area (Å²) in [5.41, 5.74) is 1.16. The van der Waals surface area contributed by atoms with Gasteiger partial charge in [-0.3, -0.25) is 0 Å². The summed E-state index contributed by atoms with van der Waals surface area (Å²) >= 11 is 0. The van der Waals surface area contributed by atoms with Gasteiger partial charge in [-0.1, -0.05) is 6.07 Å². The van der Waals surface area contributed by atoms with Gasteiger partial charge in [0.05, 0.1) is 13.2 Å². The normalized spacial score (nSPS) is 17.4. The molecular formula is C20H27N5O3. The van der Waals surface area contributed by atoms with Gasteiger partial charge in [0.2, 0.25) is 0 Å². The first kappa shape index (κ1) is 18.8. The van der Waals surface area contributed by atoms with Crippen molar-refractivity contribution in [2.24, 2.45) is 0 Å². The second-order valence-corrected chi connectivity index (χ2v) is 6.72. The molecule has 0 unspecified atom stereocenters. The Morgan fingerprint density at radius 1 is 0.929 bits per heavy atom. The van der Waals surface area contributed by atoms with Crippen LogP contribution in [0.4, 0.5) is 11.5 Å². The van der Waals surface area contributed by atoms with Crippen molar-refractivity contribution in [1.29, 1.82) is 0 Å². The first-order chi connectivity index (χ1) is 13.9. The summed E-state index contributed by atoms with van der Waals surface area (Å²) in [5, 5.41) is 3.34. The third kappa shape index (κ3) is 4.82. The molecule has 1 N–H and O–H groups in total. The van der Waals surface area contributed by atoms with E-state index in [-0.39, 0.29) is 0 Å². The van der Waals surface area contributed by atoms with Crippen molar-refractivity contribution < 1.29 is 14.2 Å². The van der Waals surface area contributed by atoms with Crippen LogP contribution in [0, 0.1) is 0 Å². The lowest BCUT2D eigenvalue weighted by Crippen LogP contribution is -2.44. The van der Waals surface area contributed by atoms with E-state index < -0.39 is 0 Å². The van der Waals surface area contributed by atoms with Crippen LogP contribution in [0.25, 0.3) is 0 Å². The Bertz CT molecular complexity index is 748. The summed E-state index contributed by atoms with van der Waals surface area (Å²) < 4.78 is 17.2. The quantitative estimate of drug-likeness (QED) is 0.713. The number of piperazine rings is 1. The van der Waals surface area contributed by atoms with Gasteiger partial charge in [-0.05, 0) is 12.1 Å². The second-order valence-electron chi connectivity index (χ2n) is 6.72. The molecule has 8 heteroatoms. The third-order valence-corrected chi connectivity index (χ3v) is 4.85. The number of aromatic nitrogens is 2. The molecule has 0 spiro atoms. The van der Waals surface area contributed by atoms with Gasteiger partial charge in [0.1, 0.15) is 19.0 Å². The molecule has 0 aliphatic carbocycles. The molecular weight excluding hydrogens is 358 g/mol. The van der Waals surface area contributed by atoms with E-state index in [0.29, 0.717) is 19.1 Å². The van der Waals surface area contributed by atoms with Crippen molar-refractivity contribution in [3.63, 3.8) is 0 Å². The molecule has 150 valence electrons. The van der Waals surface area contributed by atoms with E-state index in [9.17, 15) is 0 Å². The van der Waals surface area contributed by atoms with Crippen LogP contribution >= 0.6 is 0 Å². The molecule has 2 aliphatic heterocycles. The summed E-state index contributed by atoms with van der Waals surface area (Å²) in [7, 11) is 0. The van der Waals surface area contributed by atoms with Crippen LogP contribution in [0.5, 0.6) is 11.6 Å². The Balaban J connectivity index is 1.29. The standard InChI is InChI=1S/C20H27N5O3/c1-2-17(24-10-12-26-13-11-24)16-18(3-1)27-14-15-28-20-19(22-4-5-23-20)25-8-6-21-7-9-25/h1-5,16,21H,6-15H2. The average molecular weight is 385 g/mol. The van der Waals surface area contributed by atoms with Crippen molar-refractivity contribution in [2.45, 2.75) is 0 Å². The molecule has 1 aromatic carbocycles. The molecule has 0 amide bonds. The average Bonchev–Trinajstić information content (AvgIpc) is 2.78. The SMILES string of the molecule is c1cc(OCCOc2nccnc2N2CCNCC2)cc(N2CCOCC2)c1. The van der Waals surface area contributed by atoms with Gasteiger partial charge in [0.25, 0.3) is 5.88 Å². The third-order valence-electron chi connectivity index (χ3n) is 4.85. The lowest BCUT2D eigenvalue weighted by atomic mass is 10.2. The fourth-order valence-electron chi connectivity index (χ4n) is 3.40. The van der Waals surface area contributed by atoms with Crippen LogP contribution in [-0.4, -0.2) is 75.7 Å². The largest absolute Gasteiger partial charge is 0.490 e. The second kappa shape index (κ2) is 9.57. The van der Waals surface area contributed by atoms with Crippen molar-refractivity contribution in [3.05, 3.63) is 36.7 Å². The topological polar surface area (TPSA) is 72.0 Å². The Morgan fingerprint density at radius 2 is 1.71 bits per heavy atom. The van der Waals surface area contributed by atoms with Gasteiger partial charge in [-0.2, -0.15) is 0 Å². The van der Waals surface area contributed by atoms with Crippen LogP contribution in [0.3, 0.4) is 0 Å². The van der Waals surface area contributed by atoms with Gasteiger partial charge in [-0.25, -0.2) is 9.97 Å². The molecule has 2 aliphatic rings. The summed E-state index contributed by atoms with van der Waals surface area (Å²) in [4.78, 5) is 13.3. The summed E-state index contributed by atoms with van der Waals surface area (Å²) in [5.74, 6) is 2.21. The predicted molar refractivity (Wildman–Crippen MR) is 108 cm³/mol. The maximum atomic E-state index is 5.89. The van der Waals surface area contributed by atoms with Crippen molar-refractivity contribution >= 4 is 11.5 Å². The minimum Gasteiger partial charge on any atom is -0.490 e. The summed E-state index contributed by atoms with van der Waals surface area (Å²) in [6.07, 6.45) is 3.37. The minimum atomic E-state index is 0.416. The fraction of sp³-hybridized carbons (Fsp3) is 0.500. The highest BCUT2D eigenvalue weighted by Crippen LogP contribution is 2.24. The smallest absolute Gasteiger partial charge is 0.257 e. The maximum absolute atomic E-state index is 5.89.